The van der Waals surface area contributed by atoms with Crippen LogP contribution < -0.4 is 5.32 Å². The average molecular weight is 115 g/mol. The van der Waals surface area contributed by atoms with Crippen molar-refractivity contribution in [2.75, 3.05) is 0 Å². The van der Waals surface area contributed by atoms with Crippen LogP contribution >= 0.6 is 12.2 Å². The summed E-state index contributed by atoms with van der Waals surface area (Å²) >= 11 is 4.52. The Bertz CT molecular complexity index is 86.1. The van der Waals surface area contributed by atoms with Crippen LogP contribution in [0.2, 0.25) is 0 Å². The number of hydrogen-bond donors (Lipinski definition) is 1. The van der Waals surface area contributed by atoms with Crippen LogP contribution in [0.15, 0.2) is 11.8 Å². The van der Waals surface area contributed by atoms with E-state index in [0.29, 0.717) is 0 Å². The molecule has 0 saturated heterocycles. The van der Waals surface area contributed by atoms with Gasteiger partial charge in [0.05, 0.1) is 5.49 Å². The van der Waals surface area contributed by atoms with Crippen LogP contribution in [-0.4, -0.2) is 5.49 Å². The van der Waals surface area contributed by atoms with Gasteiger partial charge in [-0.05, 0) is 13.8 Å². The SMILES string of the molecule is C/C=C(\C)NC=S. The molecule has 40 valence electrons. The van der Waals surface area contributed by atoms with E-state index >= 15 is 0 Å². The maximum absolute atomic E-state index is 4.52. The van der Waals surface area contributed by atoms with Crippen LogP contribution in [0.3, 0.4) is 0 Å². The van der Waals surface area contributed by atoms with E-state index in [2.05, 4.69) is 17.5 Å². The molecule has 0 fully saturated rings. The van der Waals surface area contributed by atoms with Gasteiger partial charge in [0.25, 0.3) is 0 Å². The zero-order valence-electron chi connectivity index (χ0n) is 4.56. The molecule has 0 unspecified atom stereocenters. The van der Waals surface area contributed by atoms with Crippen molar-refractivity contribution < 1.29 is 0 Å². The van der Waals surface area contributed by atoms with E-state index in [4.69, 9.17) is 0 Å². The Balaban J connectivity index is 3.36. The molecular formula is C5H9NS. The highest BCUT2D eigenvalue weighted by atomic mass is 32.1. The molecule has 0 aromatic heterocycles. The van der Waals surface area contributed by atoms with Crippen molar-refractivity contribution in [2.45, 2.75) is 13.8 Å². The van der Waals surface area contributed by atoms with Crippen LogP contribution in [0.4, 0.5) is 0 Å². The summed E-state index contributed by atoms with van der Waals surface area (Å²) in [6.45, 7) is 3.92. The number of rotatable bonds is 2. The molecule has 0 rings (SSSR count). The first-order chi connectivity index (χ1) is 3.31. The van der Waals surface area contributed by atoms with Crippen LogP contribution in [0.1, 0.15) is 13.8 Å². The van der Waals surface area contributed by atoms with Gasteiger partial charge in [-0.25, -0.2) is 0 Å². The molecule has 1 N–H and O–H groups in total. The number of allylic oxidation sites excluding steroid dienone is 2. The zero-order chi connectivity index (χ0) is 5.70. The molecule has 0 aliphatic carbocycles. The Morgan fingerprint density at radius 2 is 2.29 bits per heavy atom. The van der Waals surface area contributed by atoms with Gasteiger partial charge in [-0.1, -0.05) is 18.3 Å². The smallest absolute Gasteiger partial charge is 0.0656 e. The average Bonchev–Trinajstić information content (AvgIpc) is 1.68. The zero-order valence-corrected chi connectivity index (χ0v) is 5.38. The van der Waals surface area contributed by atoms with E-state index in [1.54, 1.807) is 0 Å². The molecule has 0 heterocycles. The molecular weight excluding hydrogens is 106 g/mol. The van der Waals surface area contributed by atoms with Gasteiger partial charge in [-0.2, -0.15) is 0 Å². The van der Waals surface area contributed by atoms with Crippen molar-refractivity contribution in [1.29, 1.82) is 0 Å². The first-order valence-corrected chi connectivity index (χ1v) is 2.61. The highest BCUT2D eigenvalue weighted by Crippen LogP contribution is 1.79. The molecule has 0 atom stereocenters. The predicted molar refractivity (Wildman–Crippen MR) is 36.2 cm³/mol. The Morgan fingerprint density at radius 1 is 1.71 bits per heavy atom. The predicted octanol–water partition coefficient (Wildman–Crippen LogP) is 1.46. The van der Waals surface area contributed by atoms with Crippen molar-refractivity contribution in [3.8, 4) is 0 Å². The molecule has 0 aromatic carbocycles. The van der Waals surface area contributed by atoms with Gasteiger partial charge in [0, 0.05) is 5.70 Å². The minimum absolute atomic E-state index is 1.09. The Hall–Kier alpha value is -0.370. The molecule has 0 saturated carbocycles. The highest BCUT2D eigenvalue weighted by molar-refractivity contribution is 7.78. The summed E-state index contributed by atoms with van der Waals surface area (Å²) in [5.41, 5.74) is 2.59. The van der Waals surface area contributed by atoms with E-state index in [0.717, 1.165) is 5.70 Å². The minimum Gasteiger partial charge on any atom is -0.357 e. The van der Waals surface area contributed by atoms with E-state index in [1.807, 2.05) is 19.9 Å². The third-order valence-corrected chi connectivity index (χ3v) is 0.837. The van der Waals surface area contributed by atoms with Gasteiger partial charge >= 0.3 is 0 Å². The summed E-state index contributed by atoms with van der Waals surface area (Å²) in [7, 11) is 0. The molecule has 7 heavy (non-hydrogen) atoms. The van der Waals surface area contributed by atoms with Crippen LogP contribution in [0.5, 0.6) is 0 Å². The van der Waals surface area contributed by atoms with Crippen molar-refractivity contribution in [3.63, 3.8) is 0 Å². The highest BCUT2D eigenvalue weighted by Gasteiger charge is 1.73. The first kappa shape index (κ1) is 6.63. The molecule has 1 nitrogen and oxygen atoms in total. The van der Waals surface area contributed by atoms with Crippen molar-refractivity contribution >= 4 is 17.7 Å². The summed E-state index contributed by atoms with van der Waals surface area (Å²) in [4.78, 5) is 0. The summed E-state index contributed by atoms with van der Waals surface area (Å²) < 4.78 is 0. The van der Waals surface area contributed by atoms with E-state index in [-0.39, 0.29) is 0 Å². The molecule has 0 spiro atoms. The van der Waals surface area contributed by atoms with Crippen molar-refractivity contribution in [2.24, 2.45) is 0 Å². The van der Waals surface area contributed by atoms with Crippen LogP contribution in [0, 0.1) is 0 Å². The topological polar surface area (TPSA) is 12.0 Å². The quantitative estimate of drug-likeness (QED) is 0.547. The van der Waals surface area contributed by atoms with Crippen LogP contribution in [0.25, 0.3) is 0 Å². The van der Waals surface area contributed by atoms with Crippen molar-refractivity contribution in [3.05, 3.63) is 11.8 Å². The number of hydrogen-bond acceptors (Lipinski definition) is 1. The standard InChI is InChI=1S/C5H9NS/c1-3-5(2)6-4-7/h3-4H,1-2H3,(H,6,7)/b5-3+. The molecule has 0 aromatic rings. The maximum Gasteiger partial charge on any atom is 0.0656 e. The minimum atomic E-state index is 1.09. The third kappa shape index (κ3) is 3.46. The molecule has 0 amide bonds. The monoisotopic (exact) mass is 115 g/mol. The summed E-state index contributed by atoms with van der Waals surface area (Å²) in [6.07, 6.45) is 1.96. The molecule has 0 bridgehead atoms. The lowest BCUT2D eigenvalue weighted by atomic mass is 10.5. The van der Waals surface area contributed by atoms with Gasteiger partial charge < -0.3 is 5.32 Å². The van der Waals surface area contributed by atoms with Gasteiger partial charge in [0.1, 0.15) is 0 Å². The Labute approximate surface area is 49.4 Å². The second-order valence-electron chi connectivity index (χ2n) is 1.23. The molecule has 2 heteroatoms. The van der Waals surface area contributed by atoms with E-state index < -0.39 is 0 Å². The second-order valence-corrected chi connectivity index (χ2v) is 1.47. The summed E-state index contributed by atoms with van der Waals surface area (Å²) in [5.74, 6) is 0. The lowest BCUT2D eigenvalue weighted by molar-refractivity contribution is 1.15. The van der Waals surface area contributed by atoms with Crippen molar-refractivity contribution in [1.82, 2.24) is 5.32 Å². The van der Waals surface area contributed by atoms with Gasteiger partial charge in [-0.3, -0.25) is 0 Å². The van der Waals surface area contributed by atoms with E-state index in [9.17, 15) is 0 Å². The van der Waals surface area contributed by atoms with E-state index in [1.165, 1.54) is 5.49 Å². The number of nitrogens with one attached hydrogen (secondary N) is 1. The second kappa shape index (κ2) is 3.81. The normalized spacial score (nSPS) is 10.9. The van der Waals surface area contributed by atoms with Gasteiger partial charge in [-0.15, -0.1) is 0 Å². The van der Waals surface area contributed by atoms with Gasteiger partial charge in [0.2, 0.25) is 0 Å². The van der Waals surface area contributed by atoms with Gasteiger partial charge in [0.15, 0.2) is 0 Å². The third-order valence-electron chi connectivity index (χ3n) is 0.720. The fraction of sp³-hybridized carbons (Fsp3) is 0.400. The summed E-state index contributed by atoms with van der Waals surface area (Å²) in [6, 6.07) is 0. The largest absolute Gasteiger partial charge is 0.357 e. The summed E-state index contributed by atoms with van der Waals surface area (Å²) in [5, 5.41) is 2.85. The molecule has 0 radical (unpaired) electrons. The maximum atomic E-state index is 4.52. The Kier molecular flexibility index (Phi) is 3.61. The first-order valence-electron chi connectivity index (χ1n) is 2.14. The molecule has 0 aliphatic heterocycles. The molecule has 0 aliphatic rings. The fourth-order valence-corrected chi connectivity index (χ4v) is 0.362. The Morgan fingerprint density at radius 3 is 2.43 bits per heavy atom. The van der Waals surface area contributed by atoms with Crippen LogP contribution in [-0.2, 0) is 0 Å². The number of thiocarbonyl (C=S) groups is 1. The lowest BCUT2D eigenvalue weighted by Crippen LogP contribution is -2.04. The lowest BCUT2D eigenvalue weighted by Gasteiger charge is -1.92. The fourth-order valence-electron chi connectivity index (χ4n) is 0.176.